The van der Waals surface area contributed by atoms with Crippen LogP contribution in [0.1, 0.15) is 29.3 Å². The number of carbonyl (C=O) groups excluding carboxylic acids is 2. The van der Waals surface area contributed by atoms with Gasteiger partial charge in [-0.15, -0.1) is 0 Å². The van der Waals surface area contributed by atoms with Gasteiger partial charge in [-0.25, -0.2) is 4.79 Å². The van der Waals surface area contributed by atoms with Crippen LogP contribution in [-0.2, 0) is 16.0 Å². The summed E-state index contributed by atoms with van der Waals surface area (Å²) in [5, 5.41) is 14.3. The highest BCUT2D eigenvalue weighted by molar-refractivity contribution is 5.98. The molecule has 0 bridgehead atoms. The maximum absolute atomic E-state index is 12.6. The molecule has 0 aromatic heterocycles. The Hall–Kier alpha value is -3.15. The van der Waals surface area contributed by atoms with Gasteiger partial charge in [0, 0.05) is 12.0 Å². The van der Waals surface area contributed by atoms with Crippen molar-refractivity contribution in [2.24, 2.45) is 0 Å². The molecule has 3 N–H and O–H groups in total. The van der Waals surface area contributed by atoms with E-state index in [0.717, 1.165) is 5.56 Å². The van der Waals surface area contributed by atoms with Gasteiger partial charge in [0.1, 0.15) is 12.1 Å². The van der Waals surface area contributed by atoms with E-state index in [0.29, 0.717) is 5.56 Å². The summed E-state index contributed by atoms with van der Waals surface area (Å²) in [7, 11) is 0. The number of hydrogen-bond donors (Lipinski definition) is 3. The monoisotopic (exact) mass is 354 g/mol. The molecule has 0 heterocycles. The van der Waals surface area contributed by atoms with Crippen LogP contribution in [0.5, 0.6) is 0 Å². The molecule has 0 aliphatic carbocycles. The van der Waals surface area contributed by atoms with Crippen LogP contribution in [0.15, 0.2) is 60.7 Å². The third kappa shape index (κ3) is 5.44. The van der Waals surface area contributed by atoms with Crippen LogP contribution in [0.3, 0.4) is 0 Å². The second-order valence-electron chi connectivity index (χ2n) is 5.89. The van der Waals surface area contributed by atoms with E-state index in [1.54, 1.807) is 37.3 Å². The van der Waals surface area contributed by atoms with Crippen LogP contribution < -0.4 is 10.6 Å². The quantitative estimate of drug-likeness (QED) is 0.676. The maximum atomic E-state index is 12.6. The van der Waals surface area contributed by atoms with E-state index in [9.17, 15) is 14.4 Å². The van der Waals surface area contributed by atoms with Crippen molar-refractivity contribution in [2.45, 2.75) is 31.8 Å². The minimum absolute atomic E-state index is 0.256. The predicted molar refractivity (Wildman–Crippen MR) is 97.7 cm³/mol. The summed E-state index contributed by atoms with van der Waals surface area (Å²) in [5.74, 6) is -2.01. The topological polar surface area (TPSA) is 95.5 Å². The molecule has 136 valence electrons. The van der Waals surface area contributed by atoms with Crippen LogP contribution >= 0.6 is 0 Å². The van der Waals surface area contributed by atoms with Gasteiger partial charge in [-0.2, -0.15) is 0 Å². The Morgan fingerprint density at radius 3 is 2.00 bits per heavy atom. The first kappa shape index (κ1) is 19.2. The van der Waals surface area contributed by atoms with Gasteiger partial charge in [-0.1, -0.05) is 55.5 Å². The van der Waals surface area contributed by atoms with Gasteiger partial charge in [0.15, 0.2) is 0 Å². The minimum Gasteiger partial charge on any atom is -0.480 e. The summed E-state index contributed by atoms with van der Waals surface area (Å²) in [6, 6.07) is 15.9. The van der Waals surface area contributed by atoms with E-state index in [4.69, 9.17) is 5.11 Å². The Morgan fingerprint density at radius 1 is 0.885 bits per heavy atom. The smallest absolute Gasteiger partial charge is 0.326 e. The Kier molecular flexibility index (Phi) is 6.91. The van der Waals surface area contributed by atoms with Gasteiger partial charge in [-0.05, 0) is 24.1 Å². The van der Waals surface area contributed by atoms with Crippen molar-refractivity contribution in [3.63, 3.8) is 0 Å². The number of nitrogens with one attached hydrogen (secondary N) is 2. The molecule has 2 amide bonds. The molecular weight excluding hydrogens is 332 g/mol. The van der Waals surface area contributed by atoms with Gasteiger partial charge in [0.05, 0.1) is 0 Å². The zero-order valence-electron chi connectivity index (χ0n) is 14.5. The molecule has 2 aromatic carbocycles. The Balaban J connectivity index is 2.16. The molecule has 0 fully saturated rings. The summed E-state index contributed by atoms with van der Waals surface area (Å²) in [5.41, 5.74) is 1.30. The fourth-order valence-electron chi connectivity index (χ4n) is 2.50. The van der Waals surface area contributed by atoms with Crippen molar-refractivity contribution in [3.05, 3.63) is 71.8 Å². The molecule has 6 heteroatoms. The molecule has 2 unspecified atom stereocenters. The zero-order valence-corrected chi connectivity index (χ0v) is 14.5. The van der Waals surface area contributed by atoms with Crippen LogP contribution in [0, 0.1) is 0 Å². The molecule has 0 radical (unpaired) electrons. The van der Waals surface area contributed by atoms with Gasteiger partial charge in [0.2, 0.25) is 5.91 Å². The molecule has 26 heavy (non-hydrogen) atoms. The molecule has 0 spiro atoms. The first-order valence-corrected chi connectivity index (χ1v) is 8.44. The van der Waals surface area contributed by atoms with E-state index in [-0.39, 0.29) is 18.7 Å². The van der Waals surface area contributed by atoms with Crippen LogP contribution in [-0.4, -0.2) is 35.0 Å². The van der Waals surface area contributed by atoms with E-state index in [1.807, 2.05) is 30.3 Å². The molecule has 0 saturated heterocycles. The Morgan fingerprint density at radius 2 is 1.46 bits per heavy atom. The number of carboxylic acid groups (broad SMARTS) is 1. The first-order chi connectivity index (χ1) is 12.5. The number of carboxylic acids is 1. The summed E-state index contributed by atoms with van der Waals surface area (Å²) in [6.45, 7) is 1.67. The lowest BCUT2D eigenvalue weighted by Gasteiger charge is -2.21. The van der Waals surface area contributed by atoms with Crippen LogP contribution in [0.25, 0.3) is 0 Å². The first-order valence-electron chi connectivity index (χ1n) is 8.44. The molecule has 0 aliphatic heterocycles. The lowest BCUT2D eigenvalue weighted by molar-refractivity contribution is -0.142. The standard InChI is InChI=1S/C20H22N2O4/c1-2-16(20(25)26)21-19(24)17(13-14-9-5-3-6-10-14)22-18(23)15-11-7-4-8-12-15/h3-12,16-17H,2,13H2,1H3,(H,21,24)(H,22,23)(H,25,26). The van der Waals surface area contributed by atoms with E-state index >= 15 is 0 Å². The highest BCUT2D eigenvalue weighted by atomic mass is 16.4. The van der Waals surface area contributed by atoms with E-state index in [2.05, 4.69) is 10.6 Å². The fourth-order valence-corrected chi connectivity index (χ4v) is 2.50. The molecule has 0 saturated carbocycles. The maximum Gasteiger partial charge on any atom is 0.326 e. The molecule has 2 rings (SSSR count). The number of carbonyl (C=O) groups is 3. The average Bonchev–Trinajstić information content (AvgIpc) is 2.66. The number of hydrogen-bond acceptors (Lipinski definition) is 3. The van der Waals surface area contributed by atoms with E-state index < -0.39 is 24.0 Å². The van der Waals surface area contributed by atoms with Gasteiger partial charge < -0.3 is 15.7 Å². The van der Waals surface area contributed by atoms with Crippen molar-refractivity contribution < 1.29 is 19.5 Å². The third-order valence-electron chi connectivity index (χ3n) is 3.96. The lowest BCUT2D eigenvalue weighted by atomic mass is 10.0. The Bertz CT molecular complexity index is 747. The van der Waals surface area contributed by atoms with E-state index in [1.165, 1.54) is 0 Å². The second-order valence-corrected chi connectivity index (χ2v) is 5.89. The minimum atomic E-state index is -1.10. The molecule has 6 nitrogen and oxygen atoms in total. The molecular formula is C20H22N2O4. The van der Waals surface area contributed by atoms with Crippen molar-refractivity contribution in [2.75, 3.05) is 0 Å². The SMILES string of the molecule is CCC(NC(=O)C(Cc1ccccc1)NC(=O)c1ccccc1)C(=O)O. The molecule has 2 atom stereocenters. The largest absolute Gasteiger partial charge is 0.480 e. The van der Waals surface area contributed by atoms with Gasteiger partial charge in [-0.3, -0.25) is 9.59 Å². The molecule has 0 aliphatic rings. The van der Waals surface area contributed by atoms with Crippen molar-refractivity contribution in [3.8, 4) is 0 Å². The average molecular weight is 354 g/mol. The summed E-state index contributed by atoms with van der Waals surface area (Å²) < 4.78 is 0. The van der Waals surface area contributed by atoms with Crippen LogP contribution in [0.2, 0.25) is 0 Å². The predicted octanol–water partition coefficient (Wildman–Crippen LogP) is 2.01. The summed E-state index contributed by atoms with van der Waals surface area (Å²) in [4.78, 5) is 36.2. The summed E-state index contributed by atoms with van der Waals surface area (Å²) in [6.07, 6.45) is 0.521. The highest BCUT2D eigenvalue weighted by Crippen LogP contribution is 2.06. The van der Waals surface area contributed by atoms with Crippen LogP contribution in [0.4, 0.5) is 0 Å². The molecule has 2 aromatic rings. The highest BCUT2D eigenvalue weighted by Gasteiger charge is 2.26. The van der Waals surface area contributed by atoms with Crippen molar-refractivity contribution >= 4 is 17.8 Å². The van der Waals surface area contributed by atoms with Gasteiger partial charge in [0.25, 0.3) is 5.91 Å². The number of aliphatic carboxylic acids is 1. The number of benzene rings is 2. The van der Waals surface area contributed by atoms with Crippen molar-refractivity contribution in [1.29, 1.82) is 0 Å². The normalized spacial score (nSPS) is 12.7. The summed E-state index contributed by atoms with van der Waals surface area (Å²) >= 11 is 0. The van der Waals surface area contributed by atoms with Crippen molar-refractivity contribution in [1.82, 2.24) is 10.6 Å². The zero-order chi connectivity index (χ0) is 18.9. The van der Waals surface area contributed by atoms with Gasteiger partial charge >= 0.3 is 5.97 Å². The Labute approximate surface area is 152 Å². The fraction of sp³-hybridized carbons (Fsp3) is 0.250. The second kappa shape index (κ2) is 9.36. The number of amides is 2. The lowest BCUT2D eigenvalue weighted by Crippen LogP contribution is -2.52. The number of rotatable bonds is 8. The third-order valence-corrected chi connectivity index (χ3v) is 3.96.